The zero-order valence-corrected chi connectivity index (χ0v) is 13.3. The van der Waals surface area contributed by atoms with E-state index in [4.69, 9.17) is 4.74 Å². The van der Waals surface area contributed by atoms with Crippen LogP contribution in [-0.2, 0) is 11.2 Å². The molecule has 1 amide bonds. The maximum Gasteiger partial charge on any atom is 0.407 e. The number of nitrogens with one attached hydrogen (secondary N) is 1. The summed E-state index contributed by atoms with van der Waals surface area (Å²) in [5.41, 5.74) is 2.31. The smallest absolute Gasteiger partial charge is 0.407 e. The minimum atomic E-state index is -0.352. The van der Waals surface area contributed by atoms with Crippen LogP contribution in [0.5, 0.6) is 0 Å². The third-order valence-corrected chi connectivity index (χ3v) is 3.48. The minimum Gasteiger partial charge on any atom is -0.449 e. The van der Waals surface area contributed by atoms with Crippen LogP contribution in [0.2, 0.25) is 0 Å². The average Bonchev–Trinajstić information content (AvgIpc) is 2.52. The lowest BCUT2D eigenvalue weighted by molar-refractivity contribution is 0.133. The summed E-state index contributed by atoms with van der Waals surface area (Å²) >= 11 is 0. The molecule has 0 saturated heterocycles. The zero-order valence-electron chi connectivity index (χ0n) is 13.3. The predicted molar refractivity (Wildman–Crippen MR) is 91.9 cm³/mol. The molecule has 0 saturated carbocycles. The maximum absolute atomic E-state index is 11.6. The van der Waals surface area contributed by atoms with Crippen LogP contribution >= 0.6 is 0 Å². The normalized spacial score (nSPS) is 10.7. The lowest BCUT2D eigenvalue weighted by atomic mass is 9.97. The van der Waals surface area contributed by atoms with Gasteiger partial charge in [0, 0.05) is 6.54 Å². The van der Waals surface area contributed by atoms with E-state index < -0.39 is 0 Å². The van der Waals surface area contributed by atoms with Gasteiger partial charge in [-0.05, 0) is 34.2 Å². The maximum atomic E-state index is 11.6. The van der Waals surface area contributed by atoms with Gasteiger partial charge >= 0.3 is 6.09 Å². The number of carbonyl (C=O) groups excluding carboxylic acids is 1. The van der Waals surface area contributed by atoms with Crippen LogP contribution in [0.4, 0.5) is 4.79 Å². The topological polar surface area (TPSA) is 38.3 Å². The molecule has 3 heteroatoms. The molecule has 2 aromatic carbocycles. The molecule has 0 heterocycles. The van der Waals surface area contributed by atoms with Crippen LogP contribution in [0.15, 0.2) is 43.0 Å². The van der Waals surface area contributed by atoms with Crippen LogP contribution in [0.1, 0.15) is 25.0 Å². The molecule has 0 fully saturated rings. The summed E-state index contributed by atoms with van der Waals surface area (Å²) in [6.07, 6.45) is 2.28. The minimum absolute atomic E-state index is 0.346. The quantitative estimate of drug-likeness (QED) is 0.857. The highest BCUT2D eigenvalue weighted by Crippen LogP contribution is 2.23. The van der Waals surface area contributed by atoms with Crippen molar-refractivity contribution in [1.29, 1.82) is 0 Å². The SMILES string of the molecule is C=Cc1c(CCNC(=O)OCC(C)C)ccc2ccccc12. The summed E-state index contributed by atoms with van der Waals surface area (Å²) in [4.78, 5) is 11.6. The van der Waals surface area contributed by atoms with Gasteiger partial charge in [-0.15, -0.1) is 0 Å². The van der Waals surface area contributed by atoms with Gasteiger partial charge in [0.1, 0.15) is 0 Å². The van der Waals surface area contributed by atoms with Crippen molar-refractivity contribution in [1.82, 2.24) is 5.32 Å². The van der Waals surface area contributed by atoms with Crippen molar-refractivity contribution in [2.24, 2.45) is 5.92 Å². The molecule has 0 aromatic heterocycles. The second kappa shape index (κ2) is 7.64. The Kier molecular flexibility index (Phi) is 5.59. The predicted octanol–water partition coefficient (Wildman–Crippen LogP) is 4.41. The first kappa shape index (κ1) is 16.1. The molecule has 0 bridgehead atoms. The number of rotatable bonds is 6. The van der Waals surface area contributed by atoms with Gasteiger partial charge in [0.15, 0.2) is 0 Å². The van der Waals surface area contributed by atoms with Crippen molar-refractivity contribution in [2.45, 2.75) is 20.3 Å². The molecular weight excluding hydrogens is 274 g/mol. The van der Waals surface area contributed by atoms with Gasteiger partial charge in [0.05, 0.1) is 6.61 Å². The molecule has 0 unspecified atom stereocenters. The standard InChI is InChI=1S/C19H23NO2/c1-4-17-16(10-9-15-7-5-6-8-18(15)17)11-12-20-19(21)22-13-14(2)3/h4-10,14H,1,11-13H2,2-3H3,(H,20,21). The summed E-state index contributed by atoms with van der Waals surface area (Å²) in [7, 11) is 0. The van der Waals surface area contributed by atoms with Crippen molar-refractivity contribution in [3.05, 3.63) is 54.1 Å². The van der Waals surface area contributed by atoms with Crippen molar-refractivity contribution < 1.29 is 9.53 Å². The monoisotopic (exact) mass is 297 g/mol. The Hall–Kier alpha value is -2.29. The fourth-order valence-corrected chi connectivity index (χ4v) is 2.39. The Labute approximate surface area is 132 Å². The Morgan fingerprint density at radius 2 is 2.05 bits per heavy atom. The first-order chi connectivity index (χ1) is 10.6. The van der Waals surface area contributed by atoms with Crippen LogP contribution in [0.25, 0.3) is 16.8 Å². The molecule has 1 N–H and O–H groups in total. The average molecular weight is 297 g/mol. The summed E-state index contributed by atoms with van der Waals surface area (Å²) in [5.74, 6) is 0.346. The van der Waals surface area contributed by atoms with E-state index in [2.05, 4.69) is 36.2 Å². The van der Waals surface area contributed by atoms with Gasteiger partial charge < -0.3 is 10.1 Å². The lowest BCUT2D eigenvalue weighted by Crippen LogP contribution is -2.27. The van der Waals surface area contributed by atoms with E-state index in [1.807, 2.05) is 32.1 Å². The number of hydrogen-bond acceptors (Lipinski definition) is 2. The van der Waals surface area contributed by atoms with Gasteiger partial charge in [-0.3, -0.25) is 0 Å². The molecule has 3 nitrogen and oxygen atoms in total. The van der Waals surface area contributed by atoms with E-state index >= 15 is 0 Å². The number of hydrogen-bond donors (Lipinski definition) is 1. The Morgan fingerprint density at radius 3 is 2.77 bits per heavy atom. The lowest BCUT2D eigenvalue weighted by Gasteiger charge is -2.11. The summed E-state index contributed by atoms with van der Waals surface area (Å²) in [6, 6.07) is 12.4. The summed E-state index contributed by atoms with van der Waals surface area (Å²) in [5, 5.41) is 5.18. The van der Waals surface area contributed by atoms with Gasteiger partial charge in [0.2, 0.25) is 0 Å². The molecule has 0 aliphatic carbocycles. The van der Waals surface area contributed by atoms with E-state index in [0.29, 0.717) is 19.1 Å². The highest BCUT2D eigenvalue weighted by atomic mass is 16.5. The summed E-state index contributed by atoms with van der Waals surface area (Å²) in [6.45, 7) is 8.94. The van der Waals surface area contributed by atoms with Gasteiger partial charge in [-0.1, -0.05) is 62.9 Å². The second-order valence-corrected chi connectivity index (χ2v) is 5.73. The van der Waals surface area contributed by atoms with Crippen LogP contribution in [-0.4, -0.2) is 19.2 Å². The molecule has 116 valence electrons. The number of ether oxygens (including phenoxy) is 1. The van der Waals surface area contributed by atoms with E-state index in [1.165, 1.54) is 16.3 Å². The van der Waals surface area contributed by atoms with Gasteiger partial charge in [0.25, 0.3) is 0 Å². The molecule has 0 aliphatic rings. The Bertz CT molecular complexity index is 662. The molecule has 22 heavy (non-hydrogen) atoms. The number of fused-ring (bicyclic) bond motifs is 1. The molecule has 0 atom stereocenters. The number of amides is 1. The van der Waals surface area contributed by atoms with Crippen molar-refractivity contribution in [2.75, 3.05) is 13.2 Å². The first-order valence-corrected chi connectivity index (χ1v) is 7.65. The van der Waals surface area contributed by atoms with E-state index in [0.717, 1.165) is 12.0 Å². The molecule has 0 radical (unpaired) electrons. The van der Waals surface area contributed by atoms with E-state index in [9.17, 15) is 4.79 Å². The second-order valence-electron chi connectivity index (χ2n) is 5.73. The van der Waals surface area contributed by atoms with Crippen LogP contribution in [0, 0.1) is 5.92 Å². The van der Waals surface area contributed by atoms with E-state index in [1.54, 1.807) is 0 Å². The number of alkyl carbamates (subject to hydrolysis) is 1. The third-order valence-electron chi connectivity index (χ3n) is 3.48. The largest absolute Gasteiger partial charge is 0.449 e. The molecular formula is C19H23NO2. The molecule has 0 spiro atoms. The number of carbonyl (C=O) groups is 1. The third kappa shape index (κ3) is 4.10. The van der Waals surface area contributed by atoms with Crippen molar-refractivity contribution in [3.63, 3.8) is 0 Å². The highest BCUT2D eigenvalue weighted by Gasteiger charge is 2.07. The fraction of sp³-hybridized carbons (Fsp3) is 0.316. The Morgan fingerprint density at radius 1 is 1.27 bits per heavy atom. The Balaban J connectivity index is 2.00. The zero-order chi connectivity index (χ0) is 15.9. The summed E-state index contributed by atoms with van der Waals surface area (Å²) < 4.78 is 5.10. The molecule has 0 aliphatic heterocycles. The van der Waals surface area contributed by atoms with Crippen molar-refractivity contribution >= 4 is 22.9 Å². The fourth-order valence-electron chi connectivity index (χ4n) is 2.39. The van der Waals surface area contributed by atoms with Crippen LogP contribution < -0.4 is 5.32 Å². The molecule has 2 rings (SSSR count). The first-order valence-electron chi connectivity index (χ1n) is 7.65. The van der Waals surface area contributed by atoms with Gasteiger partial charge in [-0.2, -0.15) is 0 Å². The highest BCUT2D eigenvalue weighted by molar-refractivity contribution is 5.91. The van der Waals surface area contributed by atoms with Gasteiger partial charge in [-0.25, -0.2) is 4.79 Å². The number of benzene rings is 2. The van der Waals surface area contributed by atoms with E-state index in [-0.39, 0.29) is 6.09 Å². The molecule has 2 aromatic rings. The van der Waals surface area contributed by atoms with Crippen molar-refractivity contribution in [3.8, 4) is 0 Å². The van der Waals surface area contributed by atoms with Crippen LogP contribution in [0.3, 0.4) is 0 Å².